The van der Waals surface area contributed by atoms with E-state index in [1.54, 1.807) is 0 Å². The van der Waals surface area contributed by atoms with E-state index in [9.17, 15) is 4.79 Å². The maximum Gasteiger partial charge on any atom is 0.229 e. The van der Waals surface area contributed by atoms with Gasteiger partial charge in [0.25, 0.3) is 0 Å². The Morgan fingerprint density at radius 1 is 1.24 bits per heavy atom. The second-order valence-electron chi connectivity index (χ2n) is 10.6. The highest BCUT2D eigenvalue weighted by Gasteiger charge is 2.34. The van der Waals surface area contributed by atoms with Crippen molar-refractivity contribution < 1.29 is 4.79 Å². The van der Waals surface area contributed by atoms with Crippen LogP contribution in [0.3, 0.4) is 0 Å². The number of anilines is 3. The SMILES string of the molecule is CCN(CC)CC(C)(C)C(=O)N1CC=C(c2cc3c(Nc4ccc5c(c4)SC(C)N5)ccnc3[nH]2)CC1. The van der Waals surface area contributed by atoms with Crippen LogP contribution in [0.2, 0.25) is 0 Å². The molecule has 0 spiro atoms. The summed E-state index contributed by atoms with van der Waals surface area (Å²) < 4.78 is 0. The fraction of sp³-hybridized carbons (Fsp3) is 0.448. The Labute approximate surface area is 224 Å². The number of hydrogen-bond acceptors (Lipinski definition) is 6. The predicted molar refractivity (Wildman–Crippen MR) is 156 cm³/mol. The Hall–Kier alpha value is -2.97. The van der Waals surface area contributed by atoms with E-state index in [1.165, 1.54) is 16.2 Å². The molecular weight excluding hydrogens is 480 g/mol. The summed E-state index contributed by atoms with van der Waals surface area (Å²) in [6.45, 7) is 14.7. The van der Waals surface area contributed by atoms with Crippen LogP contribution in [-0.2, 0) is 4.79 Å². The van der Waals surface area contributed by atoms with Crippen molar-refractivity contribution in [2.75, 3.05) is 43.4 Å². The molecule has 1 aromatic carbocycles. The number of aromatic nitrogens is 2. The van der Waals surface area contributed by atoms with E-state index < -0.39 is 5.41 Å². The summed E-state index contributed by atoms with van der Waals surface area (Å²) in [6, 6.07) is 10.7. The number of hydrogen-bond donors (Lipinski definition) is 3. The van der Waals surface area contributed by atoms with Gasteiger partial charge in [-0.3, -0.25) is 4.79 Å². The van der Waals surface area contributed by atoms with Crippen LogP contribution in [0.15, 0.2) is 47.5 Å². The second-order valence-corrected chi connectivity index (χ2v) is 12.0. The number of thioether (sulfide) groups is 1. The summed E-state index contributed by atoms with van der Waals surface area (Å²) in [4.78, 5) is 27.0. The molecule has 0 saturated heterocycles. The Morgan fingerprint density at radius 2 is 2.05 bits per heavy atom. The van der Waals surface area contributed by atoms with Gasteiger partial charge in [-0.25, -0.2) is 4.98 Å². The minimum Gasteiger partial charge on any atom is -0.372 e. The highest BCUT2D eigenvalue weighted by molar-refractivity contribution is 8.00. The van der Waals surface area contributed by atoms with Gasteiger partial charge in [-0.1, -0.05) is 31.7 Å². The monoisotopic (exact) mass is 518 g/mol. The second kappa shape index (κ2) is 10.4. The van der Waals surface area contributed by atoms with E-state index >= 15 is 0 Å². The van der Waals surface area contributed by atoms with E-state index in [4.69, 9.17) is 0 Å². The number of rotatable bonds is 8. The molecule has 4 heterocycles. The number of amides is 1. The molecule has 1 amide bonds. The number of fused-ring (bicyclic) bond motifs is 2. The first-order valence-corrected chi connectivity index (χ1v) is 14.2. The van der Waals surface area contributed by atoms with Crippen molar-refractivity contribution in [2.45, 2.75) is 51.3 Å². The third kappa shape index (κ3) is 5.36. The van der Waals surface area contributed by atoms with Gasteiger partial charge in [0.15, 0.2) is 0 Å². The average Bonchev–Trinajstić information content (AvgIpc) is 3.50. The fourth-order valence-electron chi connectivity index (χ4n) is 5.32. The molecule has 2 aliphatic heterocycles. The minimum absolute atomic E-state index is 0.233. The molecule has 0 radical (unpaired) electrons. The Balaban J connectivity index is 1.31. The number of H-pyrrole nitrogens is 1. The molecule has 7 nitrogen and oxygen atoms in total. The van der Waals surface area contributed by atoms with Crippen molar-refractivity contribution in [1.29, 1.82) is 0 Å². The zero-order valence-electron chi connectivity index (χ0n) is 22.5. The summed E-state index contributed by atoms with van der Waals surface area (Å²) in [5.41, 5.74) is 6.08. The van der Waals surface area contributed by atoms with Gasteiger partial charge in [0.1, 0.15) is 5.65 Å². The number of nitrogens with one attached hydrogen (secondary N) is 3. The first-order valence-electron chi connectivity index (χ1n) is 13.3. The summed E-state index contributed by atoms with van der Waals surface area (Å²) >= 11 is 1.84. The molecule has 1 atom stereocenters. The van der Waals surface area contributed by atoms with Gasteiger partial charge in [-0.2, -0.15) is 0 Å². The number of nitrogens with zero attached hydrogens (tertiary/aromatic N) is 3. The Bertz CT molecular complexity index is 1330. The lowest BCUT2D eigenvalue weighted by molar-refractivity contribution is -0.140. The van der Waals surface area contributed by atoms with Gasteiger partial charge in [-0.15, -0.1) is 0 Å². The van der Waals surface area contributed by atoms with Crippen molar-refractivity contribution >= 4 is 51.3 Å². The smallest absolute Gasteiger partial charge is 0.229 e. The topological polar surface area (TPSA) is 76.3 Å². The molecule has 0 aliphatic carbocycles. The lowest BCUT2D eigenvalue weighted by atomic mass is 9.89. The molecule has 2 aromatic heterocycles. The third-order valence-corrected chi connectivity index (χ3v) is 8.45. The summed E-state index contributed by atoms with van der Waals surface area (Å²) in [7, 11) is 0. The molecule has 1 unspecified atom stereocenters. The van der Waals surface area contributed by atoms with Crippen LogP contribution in [0, 0.1) is 5.41 Å². The van der Waals surface area contributed by atoms with E-state index in [2.05, 4.69) is 90.5 Å². The van der Waals surface area contributed by atoms with E-state index in [0.717, 1.165) is 60.7 Å². The first-order chi connectivity index (χ1) is 17.8. The van der Waals surface area contributed by atoms with E-state index in [1.807, 2.05) is 28.9 Å². The normalized spacial score (nSPS) is 17.6. The minimum atomic E-state index is -0.396. The number of pyridine rings is 1. The molecule has 3 aromatic rings. The molecular formula is C29H38N6OS. The van der Waals surface area contributed by atoms with Crippen molar-refractivity contribution in [1.82, 2.24) is 19.8 Å². The molecule has 196 valence electrons. The first kappa shape index (κ1) is 25.7. The van der Waals surface area contributed by atoms with Crippen LogP contribution in [0.5, 0.6) is 0 Å². The summed E-state index contributed by atoms with van der Waals surface area (Å²) in [5.74, 6) is 0.233. The van der Waals surface area contributed by atoms with Gasteiger partial charge in [0, 0.05) is 53.2 Å². The number of benzene rings is 1. The van der Waals surface area contributed by atoms with Crippen molar-refractivity contribution in [3.05, 3.63) is 48.3 Å². The van der Waals surface area contributed by atoms with Gasteiger partial charge in [0.05, 0.1) is 16.5 Å². The number of aromatic amines is 1. The molecule has 5 rings (SSSR count). The van der Waals surface area contributed by atoms with Crippen molar-refractivity contribution in [3.63, 3.8) is 0 Å². The standard InChI is InChI=1S/C29H38N6OS/c1-6-34(7-2)18-29(4,5)28(36)35-14-11-20(12-15-35)25-17-22-23(10-13-30-27(22)33-25)32-21-8-9-24-26(16-21)37-19(3)31-24/h8-11,13,16-17,19,31H,6-7,12,14-15,18H2,1-5H3,(H2,30,32,33). The van der Waals surface area contributed by atoms with Crippen LogP contribution < -0.4 is 10.6 Å². The van der Waals surface area contributed by atoms with Gasteiger partial charge in [-0.05, 0) is 76.2 Å². The quantitative estimate of drug-likeness (QED) is 0.332. The fourth-order valence-corrected chi connectivity index (χ4v) is 6.34. The van der Waals surface area contributed by atoms with Crippen LogP contribution >= 0.6 is 11.8 Å². The highest BCUT2D eigenvalue weighted by atomic mass is 32.2. The van der Waals surface area contributed by atoms with Crippen molar-refractivity contribution in [3.8, 4) is 0 Å². The largest absolute Gasteiger partial charge is 0.372 e. The third-order valence-electron chi connectivity index (χ3n) is 7.39. The Morgan fingerprint density at radius 3 is 2.78 bits per heavy atom. The average molecular weight is 519 g/mol. The van der Waals surface area contributed by atoms with Crippen LogP contribution in [0.25, 0.3) is 16.6 Å². The zero-order valence-corrected chi connectivity index (χ0v) is 23.3. The number of carbonyl (C=O) groups excluding carboxylic acids is 1. The molecule has 0 fully saturated rings. The van der Waals surface area contributed by atoms with Gasteiger partial charge < -0.3 is 25.4 Å². The van der Waals surface area contributed by atoms with Crippen molar-refractivity contribution in [2.24, 2.45) is 5.41 Å². The number of carbonyl (C=O) groups is 1. The van der Waals surface area contributed by atoms with E-state index in [0.29, 0.717) is 11.9 Å². The van der Waals surface area contributed by atoms with Crippen LogP contribution in [0.1, 0.15) is 46.7 Å². The lowest BCUT2D eigenvalue weighted by Gasteiger charge is -2.36. The molecule has 37 heavy (non-hydrogen) atoms. The molecule has 8 heteroatoms. The summed E-state index contributed by atoms with van der Waals surface area (Å²) in [6.07, 6.45) is 4.86. The van der Waals surface area contributed by atoms with Crippen LogP contribution in [-0.4, -0.2) is 63.8 Å². The molecule has 2 aliphatic rings. The molecule has 0 saturated carbocycles. The van der Waals surface area contributed by atoms with E-state index in [-0.39, 0.29) is 5.91 Å². The molecule has 0 bridgehead atoms. The zero-order chi connectivity index (χ0) is 26.2. The maximum absolute atomic E-state index is 13.3. The maximum atomic E-state index is 13.3. The molecule has 3 N–H and O–H groups in total. The lowest BCUT2D eigenvalue weighted by Crippen LogP contribution is -2.48. The summed E-state index contributed by atoms with van der Waals surface area (Å²) in [5, 5.41) is 8.53. The van der Waals surface area contributed by atoms with Crippen LogP contribution in [0.4, 0.5) is 17.1 Å². The van der Waals surface area contributed by atoms with Gasteiger partial charge in [0.2, 0.25) is 5.91 Å². The predicted octanol–water partition coefficient (Wildman–Crippen LogP) is 6.15. The highest BCUT2D eigenvalue weighted by Crippen LogP contribution is 2.40. The Kier molecular flexibility index (Phi) is 7.23. The van der Waals surface area contributed by atoms with Gasteiger partial charge >= 0.3 is 0 Å².